The van der Waals surface area contributed by atoms with Gasteiger partial charge in [0.1, 0.15) is 5.54 Å². The van der Waals surface area contributed by atoms with Gasteiger partial charge in [0.2, 0.25) is 0 Å². The van der Waals surface area contributed by atoms with Gasteiger partial charge in [-0.1, -0.05) is 13.0 Å². The minimum atomic E-state index is -1.06. The number of aliphatic carboxylic acids is 1. The molecule has 6 nitrogen and oxygen atoms in total. The summed E-state index contributed by atoms with van der Waals surface area (Å²) in [7, 11) is 1.68. The zero-order valence-electron chi connectivity index (χ0n) is 12.5. The first-order valence-corrected chi connectivity index (χ1v) is 7.17. The number of carbonyl (C=O) groups is 2. The Labute approximate surface area is 124 Å². The number of hydrogen-bond donors (Lipinski definition) is 1. The number of urea groups is 1. The van der Waals surface area contributed by atoms with E-state index >= 15 is 0 Å². The predicted octanol–water partition coefficient (Wildman–Crippen LogP) is 1.96. The van der Waals surface area contributed by atoms with Crippen LogP contribution in [-0.4, -0.2) is 51.0 Å². The number of amides is 2. The molecule has 0 bridgehead atoms. The van der Waals surface area contributed by atoms with Crippen LogP contribution in [0.1, 0.15) is 31.9 Å². The average molecular weight is 291 g/mol. The molecule has 2 amide bonds. The molecule has 2 rings (SSSR count). The summed E-state index contributed by atoms with van der Waals surface area (Å²) in [6, 6.07) is 5.28. The van der Waals surface area contributed by atoms with Gasteiger partial charge in [0.15, 0.2) is 0 Å². The Balaban J connectivity index is 2.13. The molecule has 0 saturated carbocycles. The molecule has 1 aromatic rings. The molecule has 1 aliphatic heterocycles. The maximum absolute atomic E-state index is 12.6. The average Bonchev–Trinajstić information content (AvgIpc) is 2.92. The van der Waals surface area contributed by atoms with E-state index in [4.69, 9.17) is 0 Å². The summed E-state index contributed by atoms with van der Waals surface area (Å²) in [5, 5.41) is 9.53. The van der Waals surface area contributed by atoms with E-state index in [2.05, 4.69) is 4.98 Å². The summed E-state index contributed by atoms with van der Waals surface area (Å²) in [6.45, 7) is 2.68. The van der Waals surface area contributed by atoms with Crippen molar-refractivity contribution in [3.63, 3.8) is 0 Å². The third-order valence-corrected chi connectivity index (χ3v) is 4.15. The number of pyridine rings is 1. The first-order chi connectivity index (χ1) is 10.0. The van der Waals surface area contributed by atoms with E-state index in [1.807, 2.05) is 25.1 Å². The van der Waals surface area contributed by atoms with Gasteiger partial charge in [0.05, 0.1) is 12.2 Å². The third-order valence-electron chi connectivity index (χ3n) is 4.15. The zero-order chi connectivity index (χ0) is 15.5. The number of aromatic nitrogens is 1. The third kappa shape index (κ3) is 2.84. The maximum atomic E-state index is 12.6. The summed E-state index contributed by atoms with van der Waals surface area (Å²) in [5.41, 5.74) is -0.278. The normalized spacial score (nSPS) is 21.3. The number of nitrogens with zero attached hydrogens (tertiary/aromatic N) is 3. The Hall–Kier alpha value is -2.11. The summed E-state index contributed by atoms with van der Waals surface area (Å²) in [5.74, 6) is -0.915. The van der Waals surface area contributed by atoms with Crippen molar-refractivity contribution in [1.82, 2.24) is 14.8 Å². The van der Waals surface area contributed by atoms with Crippen LogP contribution in [0.4, 0.5) is 4.79 Å². The van der Waals surface area contributed by atoms with Gasteiger partial charge in [0.25, 0.3) is 0 Å². The smallest absolute Gasteiger partial charge is 0.329 e. The highest BCUT2D eigenvalue weighted by molar-refractivity contribution is 5.87. The molecule has 1 unspecified atom stereocenters. The van der Waals surface area contributed by atoms with E-state index in [0.717, 1.165) is 12.1 Å². The monoisotopic (exact) mass is 291 g/mol. The number of carboxylic acids is 1. The van der Waals surface area contributed by atoms with Crippen LogP contribution in [0, 0.1) is 0 Å². The van der Waals surface area contributed by atoms with Gasteiger partial charge >= 0.3 is 12.0 Å². The van der Waals surface area contributed by atoms with Crippen LogP contribution in [0.5, 0.6) is 0 Å². The molecule has 0 spiro atoms. The van der Waals surface area contributed by atoms with Gasteiger partial charge in [-0.05, 0) is 31.4 Å². The first-order valence-electron chi connectivity index (χ1n) is 7.17. The van der Waals surface area contributed by atoms with Gasteiger partial charge in [-0.2, -0.15) is 0 Å². The highest BCUT2D eigenvalue weighted by atomic mass is 16.4. The standard InChI is InChI=1S/C15H21N3O3/c1-3-15(13(19)20)8-6-10-18(15)14(21)17(2)11-12-7-4-5-9-16-12/h4-5,7,9H,3,6,8,10-11H2,1-2H3,(H,19,20). The van der Waals surface area contributed by atoms with E-state index < -0.39 is 11.5 Å². The molecule has 2 heterocycles. The minimum absolute atomic E-state index is 0.248. The van der Waals surface area contributed by atoms with Crippen molar-refractivity contribution in [2.75, 3.05) is 13.6 Å². The lowest BCUT2D eigenvalue weighted by Crippen LogP contribution is -2.55. The molecular formula is C15H21N3O3. The second kappa shape index (κ2) is 6.11. The topological polar surface area (TPSA) is 73.7 Å². The van der Waals surface area contributed by atoms with Gasteiger partial charge in [-0.25, -0.2) is 9.59 Å². The van der Waals surface area contributed by atoms with Crippen LogP contribution in [0.2, 0.25) is 0 Å². The molecule has 0 aliphatic carbocycles. The molecule has 1 N–H and O–H groups in total. The lowest BCUT2D eigenvalue weighted by molar-refractivity contribution is -0.148. The van der Waals surface area contributed by atoms with Gasteiger partial charge in [0, 0.05) is 19.8 Å². The summed E-state index contributed by atoms with van der Waals surface area (Å²) < 4.78 is 0. The Bertz CT molecular complexity index is 520. The number of carboxylic acid groups (broad SMARTS) is 1. The first kappa shape index (κ1) is 15.3. The number of rotatable bonds is 4. The van der Waals surface area contributed by atoms with Crippen LogP contribution in [0.25, 0.3) is 0 Å². The maximum Gasteiger partial charge on any atom is 0.329 e. The fraction of sp³-hybridized carbons (Fsp3) is 0.533. The molecule has 6 heteroatoms. The van der Waals surface area contributed by atoms with Gasteiger partial charge in [-0.3, -0.25) is 4.98 Å². The lowest BCUT2D eigenvalue weighted by Gasteiger charge is -2.36. The van der Waals surface area contributed by atoms with Gasteiger partial charge in [-0.15, -0.1) is 0 Å². The molecule has 114 valence electrons. The van der Waals surface area contributed by atoms with E-state index in [1.165, 1.54) is 9.80 Å². The van der Waals surface area contributed by atoms with Crippen LogP contribution < -0.4 is 0 Å². The van der Waals surface area contributed by atoms with Crippen LogP contribution in [0.3, 0.4) is 0 Å². The predicted molar refractivity (Wildman–Crippen MR) is 77.7 cm³/mol. The molecule has 1 aromatic heterocycles. The van der Waals surface area contributed by atoms with E-state index in [1.54, 1.807) is 13.2 Å². The van der Waals surface area contributed by atoms with Gasteiger partial charge < -0.3 is 14.9 Å². The number of hydrogen-bond acceptors (Lipinski definition) is 3. The molecule has 1 fully saturated rings. The van der Waals surface area contributed by atoms with Crippen molar-refractivity contribution < 1.29 is 14.7 Å². The largest absolute Gasteiger partial charge is 0.479 e. The zero-order valence-corrected chi connectivity index (χ0v) is 12.5. The lowest BCUT2D eigenvalue weighted by atomic mass is 9.93. The second-order valence-corrected chi connectivity index (χ2v) is 5.41. The minimum Gasteiger partial charge on any atom is -0.479 e. The van der Waals surface area contributed by atoms with Crippen molar-refractivity contribution in [1.29, 1.82) is 0 Å². The Morgan fingerprint density at radius 1 is 1.48 bits per heavy atom. The highest BCUT2D eigenvalue weighted by Gasteiger charge is 2.49. The van der Waals surface area contributed by atoms with Crippen LogP contribution in [0.15, 0.2) is 24.4 Å². The summed E-state index contributed by atoms with van der Waals surface area (Å²) in [6.07, 6.45) is 3.34. The summed E-state index contributed by atoms with van der Waals surface area (Å²) >= 11 is 0. The quantitative estimate of drug-likeness (QED) is 0.920. The second-order valence-electron chi connectivity index (χ2n) is 5.41. The van der Waals surface area contributed by atoms with Crippen molar-refractivity contribution >= 4 is 12.0 Å². The van der Waals surface area contributed by atoms with E-state index in [9.17, 15) is 14.7 Å². The number of carbonyl (C=O) groups excluding carboxylic acids is 1. The van der Waals surface area contributed by atoms with Crippen LogP contribution in [-0.2, 0) is 11.3 Å². The molecular weight excluding hydrogens is 270 g/mol. The fourth-order valence-electron chi connectivity index (χ4n) is 2.91. The Kier molecular flexibility index (Phi) is 4.45. The van der Waals surface area contributed by atoms with Crippen molar-refractivity contribution in [3.05, 3.63) is 30.1 Å². The van der Waals surface area contributed by atoms with Crippen LogP contribution >= 0.6 is 0 Å². The Morgan fingerprint density at radius 3 is 2.81 bits per heavy atom. The molecule has 0 aromatic carbocycles. The van der Waals surface area contributed by atoms with E-state index in [-0.39, 0.29) is 6.03 Å². The SMILES string of the molecule is CCC1(C(=O)O)CCCN1C(=O)N(C)Cc1ccccn1. The van der Waals surface area contributed by atoms with E-state index in [0.29, 0.717) is 25.9 Å². The van der Waals surface area contributed by atoms with Crippen molar-refractivity contribution in [2.24, 2.45) is 0 Å². The molecule has 1 saturated heterocycles. The highest BCUT2D eigenvalue weighted by Crippen LogP contribution is 2.33. The number of likely N-dealkylation sites (tertiary alicyclic amines) is 1. The Morgan fingerprint density at radius 2 is 2.24 bits per heavy atom. The molecule has 1 aliphatic rings. The van der Waals surface area contributed by atoms with Crippen molar-refractivity contribution in [3.8, 4) is 0 Å². The molecule has 0 radical (unpaired) electrons. The molecule has 1 atom stereocenters. The fourth-order valence-corrected chi connectivity index (χ4v) is 2.91. The molecule has 21 heavy (non-hydrogen) atoms. The summed E-state index contributed by atoms with van der Waals surface area (Å²) in [4.78, 5) is 31.4. The van der Waals surface area contributed by atoms with Crippen molar-refractivity contribution in [2.45, 2.75) is 38.3 Å².